The Kier molecular flexibility index (Phi) is 4.75. The number of nitrogens with one attached hydrogen (secondary N) is 1. The molecule has 0 aliphatic carbocycles. The molecule has 0 saturated carbocycles. The number of rotatable bonds is 4. The highest BCUT2D eigenvalue weighted by molar-refractivity contribution is 6.01. The van der Waals surface area contributed by atoms with Crippen molar-refractivity contribution < 1.29 is 19.2 Å². The molecule has 0 saturated heterocycles. The lowest BCUT2D eigenvalue weighted by Crippen LogP contribution is -2.41. The Labute approximate surface area is 135 Å². The van der Waals surface area contributed by atoms with E-state index in [2.05, 4.69) is 10.5 Å². The maximum atomic E-state index is 12.6. The lowest BCUT2D eigenvalue weighted by atomic mass is 10.0. The molecule has 23 heavy (non-hydrogen) atoms. The Morgan fingerprint density at radius 3 is 2.39 bits per heavy atom. The molecule has 6 nitrogen and oxygen atoms in total. The molecule has 0 fully saturated rings. The minimum Gasteiger partial charge on any atom is -0.497 e. The topological polar surface area (TPSA) is 84.6 Å². The molecule has 2 rings (SSSR count). The summed E-state index contributed by atoms with van der Waals surface area (Å²) in [5.41, 5.74) is 0.938. The lowest BCUT2D eigenvalue weighted by Gasteiger charge is -2.20. The van der Waals surface area contributed by atoms with Crippen LogP contribution < -0.4 is 10.1 Å². The van der Waals surface area contributed by atoms with Crippen LogP contribution in [0.15, 0.2) is 28.8 Å². The van der Waals surface area contributed by atoms with Crippen LogP contribution in [-0.4, -0.2) is 28.8 Å². The summed E-state index contributed by atoms with van der Waals surface area (Å²) in [6, 6.07) is 7.13. The number of benzene rings is 1. The van der Waals surface area contributed by atoms with E-state index in [-0.39, 0.29) is 17.2 Å². The smallest absolute Gasteiger partial charge is 0.257 e. The summed E-state index contributed by atoms with van der Waals surface area (Å²) < 4.78 is 10.3. The highest BCUT2D eigenvalue weighted by atomic mass is 16.5. The summed E-state index contributed by atoms with van der Waals surface area (Å²) in [4.78, 5) is 12.6. The van der Waals surface area contributed by atoms with E-state index in [1.165, 1.54) is 6.92 Å². The number of hydrogen-bond acceptors (Lipinski definition) is 5. The summed E-state index contributed by atoms with van der Waals surface area (Å²) in [5.74, 6) is 0.520. The summed E-state index contributed by atoms with van der Waals surface area (Å²) in [6.07, 6.45) is -0.935. The van der Waals surface area contributed by atoms with Crippen molar-refractivity contribution in [1.29, 1.82) is 0 Å². The van der Waals surface area contributed by atoms with E-state index in [1.54, 1.807) is 31.4 Å². The average Bonchev–Trinajstić information content (AvgIpc) is 2.90. The number of amides is 1. The van der Waals surface area contributed by atoms with E-state index < -0.39 is 11.6 Å². The highest BCUT2D eigenvalue weighted by Gasteiger charge is 2.28. The van der Waals surface area contributed by atoms with Crippen LogP contribution in [0.1, 0.15) is 49.9 Å². The maximum absolute atomic E-state index is 12.6. The first-order chi connectivity index (χ1) is 10.7. The second-order valence-electron chi connectivity index (χ2n) is 6.38. The average molecular weight is 318 g/mol. The van der Waals surface area contributed by atoms with Crippen LogP contribution in [-0.2, 0) is 0 Å². The molecule has 6 heteroatoms. The predicted molar refractivity (Wildman–Crippen MR) is 86.3 cm³/mol. The van der Waals surface area contributed by atoms with Gasteiger partial charge in [-0.05, 0) is 52.0 Å². The molecule has 1 heterocycles. The molecule has 124 valence electrons. The summed E-state index contributed by atoms with van der Waals surface area (Å²) in [7, 11) is 1.58. The number of nitrogens with zero attached hydrogens (tertiary/aromatic N) is 1. The number of hydrogen-bond donors (Lipinski definition) is 2. The van der Waals surface area contributed by atoms with Gasteiger partial charge in [-0.15, -0.1) is 0 Å². The standard InChI is InChI=1S/C17H22N2O4/c1-10(20)15-13(16(21)18-17(2,3)4)14(19-23-15)11-6-8-12(22-5)9-7-11/h6-10,20H,1-5H3,(H,18,21). The molecule has 2 aromatic rings. The third-order valence-corrected chi connectivity index (χ3v) is 3.18. The molecule has 0 aliphatic heterocycles. The van der Waals surface area contributed by atoms with Crippen molar-refractivity contribution in [2.24, 2.45) is 0 Å². The van der Waals surface area contributed by atoms with Gasteiger partial charge in [0.2, 0.25) is 0 Å². The monoisotopic (exact) mass is 318 g/mol. The second-order valence-corrected chi connectivity index (χ2v) is 6.38. The maximum Gasteiger partial charge on any atom is 0.257 e. The van der Waals surface area contributed by atoms with E-state index in [1.807, 2.05) is 20.8 Å². The van der Waals surface area contributed by atoms with Crippen molar-refractivity contribution in [2.75, 3.05) is 7.11 Å². The predicted octanol–water partition coefficient (Wildman–Crippen LogP) is 2.93. The molecular weight excluding hydrogens is 296 g/mol. The van der Waals surface area contributed by atoms with Crippen molar-refractivity contribution in [3.63, 3.8) is 0 Å². The zero-order chi connectivity index (χ0) is 17.2. The zero-order valence-electron chi connectivity index (χ0n) is 14.0. The summed E-state index contributed by atoms with van der Waals surface area (Å²) >= 11 is 0. The van der Waals surface area contributed by atoms with Crippen LogP contribution in [0.5, 0.6) is 5.75 Å². The van der Waals surface area contributed by atoms with Crippen molar-refractivity contribution in [3.8, 4) is 17.0 Å². The molecule has 0 radical (unpaired) electrons. The normalized spacial score (nSPS) is 12.8. The molecule has 2 N–H and O–H groups in total. The van der Waals surface area contributed by atoms with Gasteiger partial charge >= 0.3 is 0 Å². The van der Waals surface area contributed by atoms with Crippen LogP contribution >= 0.6 is 0 Å². The minimum atomic E-state index is -0.935. The second kappa shape index (κ2) is 6.42. The van der Waals surface area contributed by atoms with Crippen molar-refractivity contribution in [2.45, 2.75) is 39.3 Å². The quantitative estimate of drug-likeness (QED) is 0.905. The van der Waals surface area contributed by atoms with Gasteiger partial charge in [0.15, 0.2) is 5.76 Å². The first kappa shape index (κ1) is 17.0. The van der Waals surface area contributed by atoms with Crippen molar-refractivity contribution in [3.05, 3.63) is 35.6 Å². The van der Waals surface area contributed by atoms with E-state index in [0.717, 1.165) is 0 Å². The Morgan fingerprint density at radius 1 is 1.30 bits per heavy atom. The Morgan fingerprint density at radius 2 is 1.91 bits per heavy atom. The van der Waals surface area contributed by atoms with Gasteiger partial charge in [-0.1, -0.05) is 5.16 Å². The number of ether oxygens (including phenoxy) is 1. The van der Waals surface area contributed by atoms with E-state index in [9.17, 15) is 9.90 Å². The fraction of sp³-hybridized carbons (Fsp3) is 0.412. The summed E-state index contributed by atoms with van der Waals surface area (Å²) in [6.45, 7) is 7.18. The number of carbonyl (C=O) groups is 1. The first-order valence-electron chi connectivity index (χ1n) is 7.37. The van der Waals surface area contributed by atoms with Gasteiger partial charge in [-0.3, -0.25) is 4.79 Å². The van der Waals surface area contributed by atoms with Crippen LogP contribution in [0.3, 0.4) is 0 Å². The first-order valence-corrected chi connectivity index (χ1v) is 7.37. The third kappa shape index (κ3) is 3.90. The van der Waals surface area contributed by atoms with Crippen molar-refractivity contribution in [1.82, 2.24) is 10.5 Å². The molecule has 0 bridgehead atoms. The van der Waals surface area contributed by atoms with Gasteiger partial charge in [0, 0.05) is 11.1 Å². The molecule has 1 aromatic heterocycles. The summed E-state index contributed by atoms with van der Waals surface area (Å²) in [5, 5.41) is 16.7. The molecule has 1 atom stereocenters. The van der Waals surface area contributed by atoms with Gasteiger partial charge in [0.25, 0.3) is 5.91 Å². The largest absolute Gasteiger partial charge is 0.497 e. The van der Waals surface area contributed by atoms with Gasteiger partial charge in [0.05, 0.1) is 7.11 Å². The Balaban J connectivity index is 2.49. The van der Waals surface area contributed by atoms with Gasteiger partial charge < -0.3 is 19.7 Å². The van der Waals surface area contributed by atoms with Gasteiger partial charge in [-0.25, -0.2) is 0 Å². The lowest BCUT2D eigenvalue weighted by molar-refractivity contribution is 0.0907. The molecular formula is C17H22N2O4. The molecule has 1 aromatic carbocycles. The van der Waals surface area contributed by atoms with Gasteiger partial charge in [-0.2, -0.15) is 0 Å². The molecule has 1 unspecified atom stereocenters. The van der Waals surface area contributed by atoms with E-state index >= 15 is 0 Å². The minimum absolute atomic E-state index is 0.151. The zero-order valence-corrected chi connectivity index (χ0v) is 14.0. The van der Waals surface area contributed by atoms with Crippen LogP contribution in [0.4, 0.5) is 0 Å². The number of aromatic nitrogens is 1. The third-order valence-electron chi connectivity index (χ3n) is 3.18. The van der Waals surface area contributed by atoms with Crippen LogP contribution in [0.2, 0.25) is 0 Å². The van der Waals surface area contributed by atoms with Gasteiger partial charge in [0.1, 0.15) is 23.1 Å². The SMILES string of the molecule is COc1ccc(-c2noc(C(C)O)c2C(=O)NC(C)(C)C)cc1. The number of carbonyl (C=O) groups excluding carboxylic acids is 1. The Bertz CT molecular complexity index is 682. The van der Waals surface area contributed by atoms with E-state index in [4.69, 9.17) is 9.26 Å². The molecule has 0 spiro atoms. The fourth-order valence-corrected chi connectivity index (χ4v) is 2.16. The molecule has 1 amide bonds. The van der Waals surface area contributed by atoms with E-state index in [0.29, 0.717) is 17.0 Å². The Hall–Kier alpha value is -2.34. The number of aliphatic hydroxyl groups excluding tert-OH is 1. The fourth-order valence-electron chi connectivity index (χ4n) is 2.16. The highest BCUT2D eigenvalue weighted by Crippen LogP contribution is 2.30. The van der Waals surface area contributed by atoms with Crippen molar-refractivity contribution >= 4 is 5.91 Å². The molecule has 0 aliphatic rings. The van der Waals surface area contributed by atoms with Crippen LogP contribution in [0.25, 0.3) is 11.3 Å². The number of methoxy groups -OCH3 is 1. The van der Waals surface area contributed by atoms with Crippen LogP contribution in [0, 0.1) is 0 Å². The number of aliphatic hydroxyl groups is 1.